The van der Waals surface area contributed by atoms with E-state index in [1.165, 1.54) is 19.3 Å². The first-order valence-electron chi connectivity index (χ1n) is 6.26. The maximum Gasteiger partial charge on any atom is 0.254 e. The van der Waals surface area contributed by atoms with E-state index in [-0.39, 0.29) is 16.2 Å². The van der Waals surface area contributed by atoms with Crippen LogP contribution in [0.5, 0.6) is 0 Å². The Hall–Kier alpha value is -0.800. The Morgan fingerprint density at radius 1 is 1.17 bits per heavy atom. The lowest BCUT2D eigenvalue weighted by Crippen LogP contribution is -2.29. The topological polar surface area (TPSA) is 33.2 Å². The average Bonchev–Trinajstić information content (AvgIpc) is 2.86. The summed E-state index contributed by atoms with van der Waals surface area (Å²) in [6.07, 6.45) is 3.82. The predicted molar refractivity (Wildman–Crippen MR) is 71.0 cm³/mol. The van der Waals surface area contributed by atoms with Gasteiger partial charge in [0.25, 0.3) is 5.91 Å². The van der Waals surface area contributed by atoms with Crippen LogP contribution in [0.4, 0.5) is 0 Å². The molecule has 2 heterocycles. The van der Waals surface area contributed by atoms with E-state index >= 15 is 0 Å². The first kappa shape index (κ1) is 12.2. The molecule has 0 aromatic carbocycles. The summed E-state index contributed by atoms with van der Waals surface area (Å²) >= 11 is 11.7. The largest absolute Gasteiger partial charge is 0.338 e. The summed E-state index contributed by atoms with van der Waals surface area (Å²) in [5.41, 5.74) is 0.542. The minimum absolute atomic E-state index is 0.0237. The fraction of sp³-hybridized carbons (Fsp3) is 0.538. The minimum Gasteiger partial charge on any atom is -0.338 e. The molecule has 2 unspecified atom stereocenters. The third kappa shape index (κ3) is 2.21. The van der Waals surface area contributed by atoms with Crippen molar-refractivity contribution in [3.05, 3.63) is 28.0 Å². The summed E-state index contributed by atoms with van der Waals surface area (Å²) in [5, 5.41) is 0.537. The van der Waals surface area contributed by atoms with E-state index in [9.17, 15) is 4.79 Å². The zero-order chi connectivity index (χ0) is 12.7. The number of hydrogen-bond acceptors (Lipinski definition) is 2. The van der Waals surface area contributed by atoms with Crippen molar-refractivity contribution >= 4 is 29.1 Å². The van der Waals surface area contributed by atoms with Crippen LogP contribution in [0.2, 0.25) is 10.3 Å². The van der Waals surface area contributed by atoms with Crippen LogP contribution in [0.3, 0.4) is 0 Å². The summed E-state index contributed by atoms with van der Waals surface area (Å²) in [4.78, 5) is 18.2. The summed E-state index contributed by atoms with van der Waals surface area (Å²) in [7, 11) is 0. The predicted octanol–water partition coefficient (Wildman–Crippen LogP) is 3.26. The van der Waals surface area contributed by atoms with E-state index in [1.54, 1.807) is 12.1 Å². The number of pyridine rings is 1. The molecule has 2 fully saturated rings. The van der Waals surface area contributed by atoms with Crippen LogP contribution in [-0.4, -0.2) is 28.9 Å². The molecular weight excluding hydrogens is 271 g/mol. The number of likely N-dealkylation sites (tertiary alicyclic amines) is 1. The number of halogens is 2. The first-order chi connectivity index (χ1) is 8.63. The quantitative estimate of drug-likeness (QED) is 0.742. The Kier molecular flexibility index (Phi) is 3.20. The molecule has 1 aromatic heterocycles. The van der Waals surface area contributed by atoms with E-state index in [4.69, 9.17) is 23.2 Å². The van der Waals surface area contributed by atoms with Crippen LogP contribution in [-0.2, 0) is 0 Å². The van der Waals surface area contributed by atoms with Crippen molar-refractivity contribution in [2.24, 2.45) is 11.8 Å². The molecule has 1 amide bonds. The van der Waals surface area contributed by atoms with Gasteiger partial charge in [0.15, 0.2) is 0 Å². The smallest absolute Gasteiger partial charge is 0.254 e. The molecule has 0 radical (unpaired) electrons. The van der Waals surface area contributed by atoms with Gasteiger partial charge in [-0.25, -0.2) is 4.98 Å². The second-order valence-corrected chi connectivity index (χ2v) is 5.94. The number of aromatic nitrogens is 1. The van der Waals surface area contributed by atoms with Crippen LogP contribution in [0.1, 0.15) is 29.6 Å². The van der Waals surface area contributed by atoms with Gasteiger partial charge < -0.3 is 4.90 Å². The van der Waals surface area contributed by atoms with E-state index < -0.39 is 0 Å². The molecule has 5 heteroatoms. The van der Waals surface area contributed by atoms with Crippen LogP contribution >= 0.6 is 23.2 Å². The number of carbonyl (C=O) groups excluding carboxylic acids is 1. The van der Waals surface area contributed by atoms with Gasteiger partial charge in [-0.3, -0.25) is 4.79 Å². The molecule has 1 aliphatic carbocycles. The highest BCUT2D eigenvalue weighted by molar-refractivity contribution is 6.33. The molecule has 1 aromatic rings. The van der Waals surface area contributed by atoms with E-state index in [0.717, 1.165) is 13.1 Å². The summed E-state index contributed by atoms with van der Waals surface area (Å²) < 4.78 is 0. The Morgan fingerprint density at radius 2 is 1.72 bits per heavy atom. The molecule has 3 nitrogen and oxygen atoms in total. The number of hydrogen-bond donors (Lipinski definition) is 0. The summed E-state index contributed by atoms with van der Waals surface area (Å²) in [6, 6.07) is 3.17. The van der Waals surface area contributed by atoms with E-state index in [0.29, 0.717) is 17.4 Å². The molecule has 0 N–H and O–H groups in total. The fourth-order valence-corrected chi connectivity index (χ4v) is 3.63. The van der Waals surface area contributed by atoms with Crippen LogP contribution in [0.15, 0.2) is 12.1 Å². The van der Waals surface area contributed by atoms with Crippen molar-refractivity contribution in [2.75, 3.05) is 13.1 Å². The van der Waals surface area contributed by atoms with Gasteiger partial charge in [-0.1, -0.05) is 29.6 Å². The molecule has 0 spiro atoms. The van der Waals surface area contributed by atoms with Gasteiger partial charge in [0.2, 0.25) is 0 Å². The number of fused-ring (bicyclic) bond motifs is 1. The summed E-state index contributed by atoms with van der Waals surface area (Å²) in [6.45, 7) is 1.75. The minimum atomic E-state index is 0.0237. The molecule has 0 bridgehead atoms. The molecular formula is C13H14Cl2N2O. The monoisotopic (exact) mass is 284 g/mol. The van der Waals surface area contributed by atoms with Crippen molar-refractivity contribution in [1.29, 1.82) is 0 Å². The normalized spacial score (nSPS) is 26.4. The average molecular weight is 285 g/mol. The van der Waals surface area contributed by atoms with E-state index in [2.05, 4.69) is 4.98 Å². The molecule has 96 valence electrons. The highest BCUT2D eigenvalue weighted by atomic mass is 35.5. The lowest BCUT2D eigenvalue weighted by molar-refractivity contribution is 0.0780. The molecule has 3 rings (SSSR count). The van der Waals surface area contributed by atoms with Gasteiger partial charge in [0.05, 0.1) is 0 Å². The second-order valence-electron chi connectivity index (χ2n) is 5.16. The van der Waals surface area contributed by atoms with Gasteiger partial charge in [-0.15, -0.1) is 0 Å². The maximum atomic E-state index is 12.4. The highest BCUT2D eigenvalue weighted by Crippen LogP contribution is 2.38. The van der Waals surface area contributed by atoms with Gasteiger partial charge in [0.1, 0.15) is 10.3 Å². The van der Waals surface area contributed by atoms with Gasteiger partial charge in [-0.2, -0.15) is 0 Å². The SMILES string of the molecule is O=C(c1cc(Cl)nc(Cl)c1)N1CC2CCCC2C1. The maximum absolute atomic E-state index is 12.4. The van der Waals surface area contributed by atoms with Crippen molar-refractivity contribution in [2.45, 2.75) is 19.3 Å². The molecule has 18 heavy (non-hydrogen) atoms. The molecule has 1 saturated heterocycles. The van der Waals surface area contributed by atoms with Crippen LogP contribution in [0.25, 0.3) is 0 Å². The number of carbonyl (C=O) groups is 1. The van der Waals surface area contributed by atoms with Crippen LogP contribution in [0, 0.1) is 11.8 Å². The number of nitrogens with zero attached hydrogens (tertiary/aromatic N) is 2. The molecule has 1 saturated carbocycles. The fourth-order valence-electron chi connectivity index (χ4n) is 3.17. The van der Waals surface area contributed by atoms with E-state index in [1.807, 2.05) is 4.90 Å². The zero-order valence-electron chi connectivity index (χ0n) is 9.90. The Balaban J connectivity index is 1.78. The third-order valence-electron chi connectivity index (χ3n) is 4.02. The second kappa shape index (κ2) is 4.71. The van der Waals surface area contributed by atoms with Crippen molar-refractivity contribution in [3.8, 4) is 0 Å². The number of amides is 1. The van der Waals surface area contributed by atoms with Crippen molar-refractivity contribution in [3.63, 3.8) is 0 Å². The molecule has 2 aliphatic rings. The lowest BCUT2D eigenvalue weighted by atomic mass is 10.0. The standard InChI is InChI=1S/C13H14Cl2N2O/c14-11-4-10(5-12(15)16-11)13(18)17-6-8-2-1-3-9(8)7-17/h4-5,8-9H,1-3,6-7H2. The Morgan fingerprint density at radius 3 is 2.28 bits per heavy atom. The highest BCUT2D eigenvalue weighted by Gasteiger charge is 2.38. The van der Waals surface area contributed by atoms with Gasteiger partial charge in [-0.05, 0) is 36.8 Å². The van der Waals surface area contributed by atoms with Crippen molar-refractivity contribution in [1.82, 2.24) is 9.88 Å². The first-order valence-corrected chi connectivity index (χ1v) is 7.01. The molecule has 1 aliphatic heterocycles. The van der Waals surface area contributed by atoms with Gasteiger partial charge >= 0.3 is 0 Å². The lowest BCUT2D eigenvalue weighted by Gasteiger charge is -2.17. The summed E-state index contributed by atoms with van der Waals surface area (Å²) in [5.74, 6) is 1.42. The van der Waals surface area contributed by atoms with Gasteiger partial charge in [0, 0.05) is 18.7 Å². The third-order valence-corrected chi connectivity index (χ3v) is 4.41. The molecule has 2 atom stereocenters. The van der Waals surface area contributed by atoms with Crippen molar-refractivity contribution < 1.29 is 4.79 Å². The Labute approximate surface area is 116 Å². The Bertz CT molecular complexity index is 460. The number of rotatable bonds is 1. The zero-order valence-corrected chi connectivity index (χ0v) is 11.4. The van der Waals surface area contributed by atoms with Crippen LogP contribution < -0.4 is 0 Å².